The minimum Gasteiger partial charge on any atom is -0.266 e. The second-order valence-electron chi connectivity index (χ2n) is 5.79. The molecule has 0 saturated carbocycles. The first-order chi connectivity index (χ1) is 14.1. The van der Waals surface area contributed by atoms with E-state index < -0.39 is 28.4 Å². The molecular formula is C17H17ClF4N4O2S2. The van der Waals surface area contributed by atoms with Gasteiger partial charge in [-0.25, -0.2) is 26.0 Å². The number of hydrogen-bond acceptors (Lipinski definition) is 5. The van der Waals surface area contributed by atoms with Gasteiger partial charge in [0.1, 0.15) is 18.0 Å². The van der Waals surface area contributed by atoms with E-state index in [1.807, 2.05) is 30.3 Å². The Morgan fingerprint density at radius 1 is 0.933 bits per heavy atom. The lowest BCUT2D eigenvalue weighted by Crippen LogP contribution is -2.06. The smallest absolute Gasteiger partial charge is 0.264 e. The summed E-state index contributed by atoms with van der Waals surface area (Å²) in [4.78, 5) is 0.629. The van der Waals surface area contributed by atoms with Crippen LogP contribution in [-0.4, -0.2) is 40.8 Å². The lowest BCUT2D eigenvalue weighted by Gasteiger charge is -1.99. The van der Waals surface area contributed by atoms with Gasteiger partial charge in [-0.15, -0.1) is 11.8 Å². The summed E-state index contributed by atoms with van der Waals surface area (Å²) in [5, 5.41) is 7.28. The van der Waals surface area contributed by atoms with Gasteiger partial charge in [-0.05, 0) is 5.56 Å². The van der Waals surface area contributed by atoms with Crippen LogP contribution in [-0.2, 0) is 27.9 Å². The quantitative estimate of drug-likeness (QED) is 0.267. The van der Waals surface area contributed by atoms with Crippen LogP contribution in [0.4, 0.5) is 17.6 Å². The highest BCUT2D eigenvalue weighted by Crippen LogP contribution is 2.22. The number of thioether (sulfide) groups is 1. The summed E-state index contributed by atoms with van der Waals surface area (Å²) in [6, 6.07) is 10.0. The standard InChI is InChI=1S/C12H12F2N2S.C5H5ClF2N2O2S/c13-12(14)8-16-7-11(6-15-16)17-9-10-4-2-1-3-5-10;6-13(11,12)4-1-9-10(2-4)3-5(7)8/h1-7,12H,8-9H2;1-2,5H,3H2. The molecule has 0 bridgehead atoms. The molecule has 164 valence electrons. The highest BCUT2D eigenvalue weighted by molar-refractivity contribution is 8.13. The van der Waals surface area contributed by atoms with Gasteiger partial charge in [0.2, 0.25) is 0 Å². The zero-order valence-corrected chi connectivity index (χ0v) is 17.7. The molecule has 0 atom stereocenters. The third kappa shape index (κ3) is 8.76. The maximum absolute atomic E-state index is 12.1. The van der Waals surface area contributed by atoms with Gasteiger partial charge in [-0.1, -0.05) is 30.3 Å². The molecule has 0 aliphatic heterocycles. The van der Waals surface area contributed by atoms with E-state index >= 15 is 0 Å². The lowest BCUT2D eigenvalue weighted by atomic mass is 10.2. The van der Waals surface area contributed by atoms with Gasteiger partial charge >= 0.3 is 0 Å². The molecule has 0 aliphatic carbocycles. The SMILES string of the molecule is FC(F)Cn1cc(SCc2ccccc2)cn1.O=S(=O)(Cl)c1cnn(CC(F)F)c1. The highest BCUT2D eigenvalue weighted by Gasteiger charge is 2.14. The predicted molar refractivity (Wildman–Crippen MR) is 106 cm³/mol. The van der Waals surface area contributed by atoms with Crippen molar-refractivity contribution in [1.29, 1.82) is 0 Å². The fourth-order valence-corrected chi connectivity index (χ4v) is 3.62. The fourth-order valence-electron chi connectivity index (χ4n) is 2.11. The van der Waals surface area contributed by atoms with E-state index in [4.69, 9.17) is 10.7 Å². The molecule has 0 aliphatic rings. The predicted octanol–water partition coefficient (Wildman–Crippen LogP) is 4.52. The summed E-state index contributed by atoms with van der Waals surface area (Å²) >= 11 is 1.59. The topological polar surface area (TPSA) is 69.8 Å². The van der Waals surface area contributed by atoms with E-state index in [0.29, 0.717) is 0 Å². The molecule has 3 aromatic rings. The Kier molecular flexibility index (Phi) is 9.18. The van der Waals surface area contributed by atoms with Crippen LogP contribution >= 0.6 is 22.4 Å². The number of hydrogen-bond donors (Lipinski definition) is 0. The Balaban J connectivity index is 0.000000222. The molecule has 2 aromatic heterocycles. The summed E-state index contributed by atoms with van der Waals surface area (Å²) in [7, 11) is 1.07. The number of rotatable bonds is 8. The first-order valence-electron chi connectivity index (χ1n) is 8.36. The first kappa shape index (κ1) is 24.2. The van der Waals surface area contributed by atoms with Crippen molar-refractivity contribution in [3.05, 3.63) is 60.7 Å². The molecule has 2 heterocycles. The Hall–Kier alpha value is -2.05. The van der Waals surface area contributed by atoms with E-state index in [-0.39, 0.29) is 11.4 Å². The summed E-state index contributed by atoms with van der Waals surface area (Å²) < 4.78 is 71.2. The average molecular weight is 485 g/mol. The minimum absolute atomic E-state index is 0.283. The number of aromatic nitrogens is 4. The van der Waals surface area contributed by atoms with E-state index in [2.05, 4.69) is 10.2 Å². The van der Waals surface area contributed by atoms with Crippen molar-refractivity contribution in [1.82, 2.24) is 19.6 Å². The van der Waals surface area contributed by atoms with Crippen molar-refractivity contribution in [2.45, 2.75) is 41.5 Å². The number of nitrogens with zero attached hydrogens (tertiary/aromatic N) is 4. The van der Waals surface area contributed by atoms with Gasteiger partial charge in [0.05, 0.1) is 12.4 Å². The van der Waals surface area contributed by atoms with Crippen molar-refractivity contribution in [2.24, 2.45) is 0 Å². The third-order valence-electron chi connectivity index (χ3n) is 3.40. The van der Waals surface area contributed by atoms with Crippen LogP contribution in [0.5, 0.6) is 0 Å². The van der Waals surface area contributed by atoms with Crippen LogP contribution < -0.4 is 0 Å². The summed E-state index contributed by atoms with van der Waals surface area (Å²) in [6.07, 6.45) is 0.210. The van der Waals surface area contributed by atoms with Gasteiger partial charge in [-0.3, -0.25) is 9.36 Å². The molecule has 0 radical (unpaired) electrons. The maximum Gasteiger partial charge on any atom is 0.264 e. The Morgan fingerprint density at radius 2 is 1.50 bits per heavy atom. The van der Waals surface area contributed by atoms with Crippen molar-refractivity contribution < 1.29 is 26.0 Å². The minimum atomic E-state index is -3.87. The van der Waals surface area contributed by atoms with Crippen LogP contribution in [0.15, 0.2) is 64.9 Å². The van der Waals surface area contributed by atoms with Crippen LogP contribution in [0.2, 0.25) is 0 Å². The summed E-state index contributed by atoms with van der Waals surface area (Å²) in [5.74, 6) is 0.821. The molecule has 13 heteroatoms. The van der Waals surface area contributed by atoms with Crippen molar-refractivity contribution in [2.75, 3.05) is 0 Å². The normalized spacial score (nSPS) is 11.6. The van der Waals surface area contributed by atoms with Crippen LogP contribution in [0.1, 0.15) is 5.56 Å². The molecule has 1 aromatic carbocycles. The molecule has 3 rings (SSSR count). The van der Waals surface area contributed by atoms with Crippen LogP contribution in [0, 0.1) is 0 Å². The average Bonchev–Trinajstić information content (AvgIpc) is 3.30. The molecule has 0 fully saturated rings. The molecule has 0 saturated heterocycles. The first-order valence-corrected chi connectivity index (χ1v) is 11.7. The maximum atomic E-state index is 12.1. The summed E-state index contributed by atoms with van der Waals surface area (Å²) in [5.41, 5.74) is 1.21. The molecule has 0 unspecified atom stereocenters. The van der Waals surface area contributed by atoms with E-state index in [1.165, 1.54) is 10.2 Å². The molecular weight excluding hydrogens is 468 g/mol. The van der Waals surface area contributed by atoms with Crippen molar-refractivity contribution in [3.8, 4) is 0 Å². The van der Waals surface area contributed by atoms with Crippen molar-refractivity contribution >= 4 is 31.5 Å². The molecule has 30 heavy (non-hydrogen) atoms. The fraction of sp³-hybridized carbons (Fsp3) is 0.294. The van der Waals surface area contributed by atoms with Gasteiger partial charge in [0, 0.05) is 33.7 Å². The molecule has 0 N–H and O–H groups in total. The lowest BCUT2D eigenvalue weighted by molar-refractivity contribution is 0.121. The third-order valence-corrected chi connectivity index (χ3v) is 5.73. The molecule has 0 amide bonds. The number of benzene rings is 1. The Labute approximate surface area is 179 Å². The molecule has 6 nitrogen and oxygen atoms in total. The highest BCUT2D eigenvalue weighted by atomic mass is 35.7. The van der Waals surface area contributed by atoms with Gasteiger partial charge in [-0.2, -0.15) is 10.2 Å². The zero-order valence-electron chi connectivity index (χ0n) is 15.3. The second kappa shape index (κ2) is 11.4. The second-order valence-corrected chi connectivity index (χ2v) is 9.41. The number of alkyl halides is 4. The largest absolute Gasteiger partial charge is 0.266 e. The zero-order chi connectivity index (χ0) is 22.1. The van der Waals surface area contributed by atoms with Gasteiger partial charge in [0.25, 0.3) is 21.9 Å². The van der Waals surface area contributed by atoms with Gasteiger partial charge < -0.3 is 0 Å². The Morgan fingerprint density at radius 3 is 2.03 bits per heavy atom. The monoisotopic (exact) mass is 484 g/mol. The van der Waals surface area contributed by atoms with E-state index in [0.717, 1.165) is 27.7 Å². The van der Waals surface area contributed by atoms with E-state index in [1.54, 1.807) is 24.2 Å². The van der Waals surface area contributed by atoms with Crippen molar-refractivity contribution in [3.63, 3.8) is 0 Å². The van der Waals surface area contributed by atoms with E-state index in [9.17, 15) is 26.0 Å². The van der Waals surface area contributed by atoms with Crippen LogP contribution in [0.3, 0.4) is 0 Å². The van der Waals surface area contributed by atoms with Crippen LogP contribution in [0.25, 0.3) is 0 Å². The molecule has 0 spiro atoms. The summed E-state index contributed by atoms with van der Waals surface area (Å²) in [6.45, 7) is -0.988. The Bertz CT molecular complexity index is 1010. The van der Waals surface area contributed by atoms with Gasteiger partial charge in [0.15, 0.2) is 0 Å². The number of halogens is 5.